The van der Waals surface area contributed by atoms with Crippen LogP contribution in [0.3, 0.4) is 0 Å². The zero-order chi connectivity index (χ0) is 20.6. The normalized spacial score (nSPS) is 10.5. The van der Waals surface area contributed by atoms with Crippen LogP contribution in [0.5, 0.6) is 5.75 Å². The Morgan fingerprint density at radius 3 is 2.57 bits per heavy atom. The molecule has 150 valence electrons. The standard InChI is InChI=1S/C25H23N3O2/c29-25(27-16-15-26-21-9-2-1-3-10-21)20-8-6-11-23(17-20)30-18-22-14-13-19-7-4-5-12-24(19)28-22/h1-14,17,26H,15-16,18H2,(H,27,29). The van der Waals surface area contributed by atoms with Crippen molar-refractivity contribution in [3.8, 4) is 5.75 Å². The van der Waals surface area contributed by atoms with Crippen LogP contribution >= 0.6 is 0 Å². The highest BCUT2D eigenvalue weighted by Crippen LogP contribution is 2.17. The number of fused-ring (bicyclic) bond motifs is 1. The zero-order valence-corrected chi connectivity index (χ0v) is 16.5. The first-order chi connectivity index (χ1) is 14.8. The maximum absolute atomic E-state index is 12.4. The smallest absolute Gasteiger partial charge is 0.251 e. The number of hydrogen-bond acceptors (Lipinski definition) is 4. The third kappa shape index (κ3) is 5.14. The number of hydrogen-bond donors (Lipinski definition) is 2. The molecule has 0 aliphatic heterocycles. The Kier molecular flexibility index (Phi) is 6.20. The Morgan fingerprint density at radius 2 is 1.67 bits per heavy atom. The quantitative estimate of drug-likeness (QED) is 0.425. The fourth-order valence-electron chi connectivity index (χ4n) is 3.11. The van der Waals surface area contributed by atoms with E-state index in [1.807, 2.05) is 78.9 Å². The number of carbonyl (C=O) groups excluding carboxylic acids is 1. The summed E-state index contributed by atoms with van der Waals surface area (Å²) in [5.41, 5.74) is 3.38. The minimum Gasteiger partial charge on any atom is -0.487 e. The van der Waals surface area contributed by atoms with Gasteiger partial charge in [0.25, 0.3) is 5.91 Å². The Bertz CT molecular complexity index is 1130. The van der Waals surface area contributed by atoms with Gasteiger partial charge in [-0.25, -0.2) is 4.98 Å². The molecular weight excluding hydrogens is 374 g/mol. The second-order valence-electron chi connectivity index (χ2n) is 6.86. The maximum Gasteiger partial charge on any atom is 0.251 e. The van der Waals surface area contributed by atoms with Crippen molar-refractivity contribution in [2.45, 2.75) is 6.61 Å². The van der Waals surface area contributed by atoms with Gasteiger partial charge < -0.3 is 15.4 Å². The predicted molar refractivity (Wildman–Crippen MR) is 120 cm³/mol. The number of nitrogens with one attached hydrogen (secondary N) is 2. The number of anilines is 1. The topological polar surface area (TPSA) is 63.2 Å². The predicted octanol–water partition coefficient (Wildman–Crippen LogP) is 4.66. The van der Waals surface area contributed by atoms with Crippen LogP contribution in [0.1, 0.15) is 16.1 Å². The highest BCUT2D eigenvalue weighted by Gasteiger charge is 2.07. The summed E-state index contributed by atoms with van der Waals surface area (Å²) in [4.78, 5) is 17.0. The van der Waals surface area contributed by atoms with Crippen molar-refractivity contribution in [2.75, 3.05) is 18.4 Å². The molecule has 5 nitrogen and oxygen atoms in total. The summed E-state index contributed by atoms with van der Waals surface area (Å²) in [6.07, 6.45) is 0. The molecule has 1 heterocycles. The van der Waals surface area contributed by atoms with Crippen molar-refractivity contribution in [3.63, 3.8) is 0 Å². The van der Waals surface area contributed by atoms with Crippen molar-refractivity contribution < 1.29 is 9.53 Å². The first-order valence-electron chi connectivity index (χ1n) is 9.92. The summed E-state index contributed by atoms with van der Waals surface area (Å²) < 4.78 is 5.86. The van der Waals surface area contributed by atoms with Gasteiger partial charge in [-0.15, -0.1) is 0 Å². The number of carbonyl (C=O) groups is 1. The molecule has 4 rings (SSSR count). The average molecular weight is 397 g/mol. The molecule has 0 saturated carbocycles. The van der Waals surface area contributed by atoms with Crippen LogP contribution in [0.2, 0.25) is 0 Å². The van der Waals surface area contributed by atoms with E-state index in [1.54, 1.807) is 12.1 Å². The van der Waals surface area contributed by atoms with E-state index < -0.39 is 0 Å². The van der Waals surface area contributed by atoms with E-state index in [9.17, 15) is 4.79 Å². The van der Waals surface area contributed by atoms with Gasteiger partial charge in [-0.05, 0) is 42.5 Å². The lowest BCUT2D eigenvalue weighted by atomic mass is 10.2. The monoisotopic (exact) mass is 397 g/mol. The Balaban J connectivity index is 1.29. The molecule has 0 radical (unpaired) electrons. The van der Waals surface area contributed by atoms with E-state index in [2.05, 4.69) is 15.6 Å². The minimum atomic E-state index is -0.126. The van der Waals surface area contributed by atoms with Crippen LogP contribution < -0.4 is 15.4 Å². The number of nitrogens with zero attached hydrogens (tertiary/aromatic N) is 1. The Hall–Kier alpha value is -3.86. The van der Waals surface area contributed by atoms with Gasteiger partial charge in [-0.3, -0.25) is 4.79 Å². The molecule has 5 heteroatoms. The summed E-state index contributed by atoms with van der Waals surface area (Å²) in [7, 11) is 0. The molecule has 0 unspecified atom stereocenters. The minimum absolute atomic E-state index is 0.126. The summed E-state index contributed by atoms with van der Waals surface area (Å²) in [6, 6.07) is 29.1. The van der Waals surface area contributed by atoms with E-state index in [4.69, 9.17) is 4.74 Å². The lowest BCUT2D eigenvalue weighted by Gasteiger charge is -2.10. The molecule has 0 atom stereocenters. The Labute approximate surface area is 175 Å². The summed E-state index contributed by atoms with van der Waals surface area (Å²) >= 11 is 0. The molecule has 4 aromatic rings. The summed E-state index contributed by atoms with van der Waals surface area (Å²) in [5, 5.41) is 7.29. The van der Waals surface area contributed by atoms with Crippen molar-refractivity contribution in [3.05, 3.63) is 102 Å². The first kappa shape index (κ1) is 19.5. The van der Waals surface area contributed by atoms with Crippen LogP contribution in [0.15, 0.2) is 91.0 Å². The number of amides is 1. The van der Waals surface area contributed by atoms with Crippen LogP contribution in [0.25, 0.3) is 10.9 Å². The van der Waals surface area contributed by atoms with E-state index in [0.717, 1.165) is 22.3 Å². The van der Waals surface area contributed by atoms with Crippen molar-refractivity contribution in [1.29, 1.82) is 0 Å². The molecule has 2 N–H and O–H groups in total. The van der Waals surface area contributed by atoms with E-state index in [-0.39, 0.29) is 5.91 Å². The van der Waals surface area contributed by atoms with Gasteiger partial charge >= 0.3 is 0 Å². The number of pyridine rings is 1. The zero-order valence-electron chi connectivity index (χ0n) is 16.5. The summed E-state index contributed by atoms with van der Waals surface area (Å²) in [5.74, 6) is 0.513. The highest BCUT2D eigenvalue weighted by molar-refractivity contribution is 5.94. The molecular formula is C25H23N3O2. The number of aromatic nitrogens is 1. The molecule has 3 aromatic carbocycles. The number of ether oxygens (including phenoxy) is 1. The molecule has 1 aromatic heterocycles. The molecule has 0 fully saturated rings. The van der Waals surface area contributed by atoms with E-state index >= 15 is 0 Å². The van der Waals surface area contributed by atoms with Gasteiger partial charge in [-0.2, -0.15) is 0 Å². The molecule has 1 amide bonds. The molecule has 0 aliphatic carbocycles. The second-order valence-corrected chi connectivity index (χ2v) is 6.86. The molecule has 0 saturated heterocycles. The largest absolute Gasteiger partial charge is 0.487 e. The molecule has 0 spiro atoms. The molecule has 30 heavy (non-hydrogen) atoms. The number of benzene rings is 3. The summed E-state index contributed by atoms with van der Waals surface area (Å²) in [6.45, 7) is 1.52. The number of para-hydroxylation sites is 2. The van der Waals surface area contributed by atoms with E-state index in [1.165, 1.54) is 0 Å². The number of rotatable bonds is 8. The Morgan fingerprint density at radius 1 is 0.833 bits per heavy atom. The van der Waals surface area contributed by atoms with Gasteiger partial charge in [0, 0.05) is 29.7 Å². The van der Waals surface area contributed by atoms with Crippen molar-refractivity contribution >= 4 is 22.5 Å². The van der Waals surface area contributed by atoms with Gasteiger partial charge in [0.05, 0.1) is 11.2 Å². The SMILES string of the molecule is O=C(NCCNc1ccccc1)c1cccc(OCc2ccc3ccccc3n2)c1. The average Bonchev–Trinajstić information content (AvgIpc) is 2.81. The van der Waals surface area contributed by atoms with Crippen molar-refractivity contribution in [1.82, 2.24) is 10.3 Å². The van der Waals surface area contributed by atoms with Crippen LogP contribution in [-0.2, 0) is 6.61 Å². The van der Waals surface area contributed by atoms with Gasteiger partial charge in [-0.1, -0.05) is 48.5 Å². The highest BCUT2D eigenvalue weighted by atomic mass is 16.5. The molecule has 0 bridgehead atoms. The maximum atomic E-state index is 12.4. The fraction of sp³-hybridized carbons (Fsp3) is 0.120. The van der Waals surface area contributed by atoms with Crippen LogP contribution in [0, 0.1) is 0 Å². The van der Waals surface area contributed by atoms with Gasteiger partial charge in [0.15, 0.2) is 0 Å². The lowest BCUT2D eigenvalue weighted by molar-refractivity contribution is 0.0954. The molecule has 0 aliphatic rings. The van der Waals surface area contributed by atoms with Crippen molar-refractivity contribution in [2.24, 2.45) is 0 Å². The second kappa shape index (κ2) is 9.56. The first-order valence-corrected chi connectivity index (χ1v) is 9.92. The van der Waals surface area contributed by atoms with Crippen LogP contribution in [-0.4, -0.2) is 24.0 Å². The van der Waals surface area contributed by atoms with Gasteiger partial charge in [0.1, 0.15) is 12.4 Å². The third-order valence-corrected chi connectivity index (χ3v) is 4.65. The van der Waals surface area contributed by atoms with Gasteiger partial charge in [0.2, 0.25) is 0 Å². The van der Waals surface area contributed by atoms with Crippen LogP contribution in [0.4, 0.5) is 5.69 Å². The van der Waals surface area contributed by atoms with E-state index in [0.29, 0.717) is 31.0 Å². The lowest BCUT2D eigenvalue weighted by Crippen LogP contribution is -2.28. The third-order valence-electron chi connectivity index (χ3n) is 4.65. The fourth-order valence-corrected chi connectivity index (χ4v) is 3.11.